The van der Waals surface area contributed by atoms with Crippen molar-refractivity contribution in [3.05, 3.63) is 59.4 Å². The first-order chi connectivity index (χ1) is 12.2. The Morgan fingerprint density at radius 2 is 2.12 bits per heavy atom. The second kappa shape index (κ2) is 6.54. The van der Waals surface area contributed by atoms with Crippen LogP contribution >= 0.6 is 23.1 Å². The molecule has 126 valence electrons. The van der Waals surface area contributed by atoms with E-state index >= 15 is 0 Å². The van der Waals surface area contributed by atoms with E-state index in [1.807, 2.05) is 49.6 Å². The fourth-order valence-corrected chi connectivity index (χ4v) is 4.34. The van der Waals surface area contributed by atoms with Crippen LogP contribution < -0.4 is 5.32 Å². The second-order valence-corrected chi connectivity index (χ2v) is 7.68. The van der Waals surface area contributed by atoms with Crippen LogP contribution in [-0.4, -0.2) is 17.1 Å². The van der Waals surface area contributed by atoms with Crippen molar-refractivity contribution in [1.82, 2.24) is 4.98 Å². The zero-order valence-corrected chi connectivity index (χ0v) is 15.5. The SMILES string of the molecule is CSCc1c(C(=O)Nc2nc3ccc(C)cc3s2)oc2ccccc12. The minimum absolute atomic E-state index is 0.254. The number of thioether (sulfide) groups is 1. The first-order valence-electron chi connectivity index (χ1n) is 7.83. The molecule has 0 spiro atoms. The van der Waals surface area contributed by atoms with E-state index in [4.69, 9.17) is 4.42 Å². The fraction of sp³-hybridized carbons (Fsp3) is 0.158. The lowest BCUT2D eigenvalue weighted by Gasteiger charge is -2.01. The maximum Gasteiger partial charge on any atom is 0.293 e. The van der Waals surface area contributed by atoms with Gasteiger partial charge in [-0.05, 0) is 36.9 Å². The van der Waals surface area contributed by atoms with Crippen LogP contribution in [0, 0.1) is 6.92 Å². The molecule has 0 aliphatic carbocycles. The lowest BCUT2D eigenvalue weighted by molar-refractivity contribution is 0.0998. The number of anilines is 1. The van der Waals surface area contributed by atoms with E-state index < -0.39 is 0 Å². The number of carbonyl (C=O) groups is 1. The summed E-state index contributed by atoms with van der Waals surface area (Å²) in [7, 11) is 0. The Kier molecular flexibility index (Phi) is 4.23. The number of amides is 1. The highest BCUT2D eigenvalue weighted by Gasteiger charge is 2.21. The van der Waals surface area contributed by atoms with E-state index in [-0.39, 0.29) is 5.91 Å². The third-order valence-corrected chi connectivity index (χ3v) is 5.47. The Balaban J connectivity index is 1.70. The first kappa shape index (κ1) is 16.2. The van der Waals surface area contributed by atoms with Gasteiger partial charge in [0.1, 0.15) is 5.58 Å². The molecule has 2 aromatic heterocycles. The number of para-hydroxylation sites is 1. The van der Waals surface area contributed by atoms with E-state index in [0.29, 0.717) is 10.9 Å². The smallest absolute Gasteiger partial charge is 0.293 e. The molecule has 25 heavy (non-hydrogen) atoms. The summed E-state index contributed by atoms with van der Waals surface area (Å²) < 4.78 is 6.89. The molecule has 0 radical (unpaired) electrons. The molecule has 0 bridgehead atoms. The van der Waals surface area contributed by atoms with Crippen molar-refractivity contribution in [1.29, 1.82) is 0 Å². The molecule has 0 aliphatic heterocycles. The number of aryl methyl sites for hydroxylation is 1. The Morgan fingerprint density at radius 1 is 1.28 bits per heavy atom. The topological polar surface area (TPSA) is 55.1 Å². The van der Waals surface area contributed by atoms with E-state index in [0.717, 1.165) is 32.5 Å². The predicted molar refractivity (Wildman–Crippen MR) is 106 cm³/mol. The highest BCUT2D eigenvalue weighted by Crippen LogP contribution is 2.31. The molecular weight excluding hydrogens is 352 g/mol. The second-order valence-electron chi connectivity index (χ2n) is 5.78. The van der Waals surface area contributed by atoms with Crippen molar-refractivity contribution in [3.8, 4) is 0 Å². The number of rotatable bonds is 4. The summed E-state index contributed by atoms with van der Waals surface area (Å²) in [5.74, 6) is 0.834. The lowest BCUT2D eigenvalue weighted by Crippen LogP contribution is -2.12. The van der Waals surface area contributed by atoms with Crippen LogP contribution in [0.3, 0.4) is 0 Å². The number of furan rings is 1. The summed E-state index contributed by atoms with van der Waals surface area (Å²) in [4.78, 5) is 17.3. The molecule has 0 unspecified atom stereocenters. The van der Waals surface area contributed by atoms with Crippen LogP contribution in [0.25, 0.3) is 21.2 Å². The van der Waals surface area contributed by atoms with Gasteiger partial charge in [0.25, 0.3) is 5.91 Å². The van der Waals surface area contributed by atoms with Gasteiger partial charge in [-0.3, -0.25) is 10.1 Å². The van der Waals surface area contributed by atoms with Crippen molar-refractivity contribution < 1.29 is 9.21 Å². The van der Waals surface area contributed by atoms with E-state index in [2.05, 4.69) is 16.4 Å². The molecule has 1 amide bonds. The van der Waals surface area contributed by atoms with Crippen LogP contribution in [0.5, 0.6) is 0 Å². The number of hydrogen-bond acceptors (Lipinski definition) is 5. The maximum atomic E-state index is 12.8. The first-order valence-corrected chi connectivity index (χ1v) is 10.0. The highest BCUT2D eigenvalue weighted by molar-refractivity contribution is 7.97. The number of benzene rings is 2. The van der Waals surface area contributed by atoms with Gasteiger partial charge in [-0.15, -0.1) is 0 Å². The number of fused-ring (bicyclic) bond motifs is 2. The summed E-state index contributed by atoms with van der Waals surface area (Å²) in [6, 6.07) is 13.8. The molecule has 6 heteroatoms. The van der Waals surface area contributed by atoms with Gasteiger partial charge in [0.15, 0.2) is 10.9 Å². The van der Waals surface area contributed by atoms with Crippen molar-refractivity contribution >= 4 is 55.3 Å². The molecule has 4 rings (SSSR count). The van der Waals surface area contributed by atoms with Gasteiger partial charge in [0.2, 0.25) is 0 Å². The Hall–Kier alpha value is -2.31. The quantitative estimate of drug-likeness (QED) is 0.519. The molecule has 1 N–H and O–H groups in total. The average molecular weight is 368 g/mol. The van der Waals surface area contributed by atoms with Gasteiger partial charge in [-0.1, -0.05) is 35.6 Å². The molecule has 0 atom stereocenters. The van der Waals surface area contributed by atoms with Crippen LogP contribution in [0.2, 0.25) is 0 Å². The fourth-order valence-electron chi connectivity index (χ4n) is 2.81. The third kappa shape index (κ3) is 3.03. The van der Waals surface area contributed by atoms with E-state index in [9.17, 15) is 4.79 Å². The Morgan fingerprint density at radius 3 is 2.96 bits per heavy atom. The number of thiazole rings is 1. The normalized spacial score (nSPS) is 11.3. The van der Waals surface area contributed by atoms with Gasteiger partial charge >= 0.3 is 0 Å². The van der Waals surface area contributed by atoms with Gasteiger partial charge in [0, 0.05) is 16.7 Å². The maximum absolute atomic E-state index is 12.8. The Labute approximate surface area is 153 Å². The largest absolute Gasteiger partial charge is 0.451 e. The molecular formula is C19H16N2O2S2. The molecule has 2 aromatic carbocycles. The summed E-state index contributed by atoms with van der Waals surface area (Å²) >= 11 is 3.14. The van der Waals surface area contributed by atoms with Crippen LogP contribution in [0.15, 0.2) is 46.9 Å². The highest BCUT2D eigenvalue weighted by atomic mass is 32.2. The van der Waals surface area contributed by atoms with E-state index in [1.165, 1.54) is 16.9 Å². The summed E-state index contributed by atoms with van der Waals surface area (Å²) in [5, 5.41) is 4.46. The third-order valence-electron chi connectivity index (χ3n) is 3.96. The minimum atomic E-state index is -0.254. The van der Waals surface area contributed by atoms with Crippen LogP contribution in [-0.2, 0) is 5.75 Å². The minimum Gasteiger partial charge on any atom is -0.451 e. The van der Waals surface area contributed by atoms with Crippen molar-refractivity contribution in [2.75, 3.05) is 11.6 Å². The van der Waals surface area contributed by atoms with Gasteiger partial charge in [-0.2, -0.15) is 11.8 Å². The number of nitrogens with zero attached hydrogens (tertiary/aromatic N) is 1. The Bertz CT molecular complexity index is 1080. The van der Waals surface area contributed by atoms with Gasteiger partial charge in [0.05, 0.1) is 10.2 Å². The van der Waals surface area contributed by atoms with Crippen molar-refractivity contribution in [2.45, 2.75) is 12.7 Å². The lowest BCUT2D eigenvalue weighted by atomic mass is 10.1. The van der Waals surface area contributed by atoms with Crippen molar-refractivity contribution in [2.24, 2.45) is 0 Å². The molecule has 2 heterocycles. The summed E-state index contributed by atoms with van der Waals surface area (Å²) in [5.41, 5.74) is 3.72. The van der Waals surface area contributed by atoms with E-state index in [1.54, 1.807) is 11.8 Å². The van der Waals surface area contributed by atoms with Gasteiger partial charge in [-0.25, -0.2) is 4.98 Å². The number of nitrogens with one attached hydrogen (secondary N) is 1. The summed E-state index contributed by atoms with van der Waals surface area (Å²) in [6.07, 6.45) is 2.01. The average Bonchev–Trinajstić information content (AvgIpc) is 3.16. The molecule has 0 aliphatic rings. The molecule has 4 nitrogen and oxygen atoms in total. The van der Waals surface area contributed by atoms with Crippen molar-refractivity contribution in [3.63, 3.8) is 0 Å². The molecule has 0 saturated carbocycles. The molecule has 0 fully saturated rings. The van der Waals surface area contributed by atoms with Crippen LogP contribution in [0.4, 0.5) is 5.13 Å². The standard InChI is InChI=1S/C19H16N2O2S2/c1-11-7-8-14-16(9-11)25-19(20-14)21-18(22)17-13(10-24-2)12-5-3-4-6-15(12)23-17/h3-9H,10H2,1-2H3,(H,20,21,22). The molecule has 0 saturated heterocycles. The summed E-state index contributed by atoms with van der Waals surface area (Å²) in [6.45, 7) is 2.04. The molecule has 4 aromatic rings. The number of hydrogen-bond donors (Lipinski definition) is 1. The monoisotopic (exact) mass is 368 g/mol. The van der Waals surface area contributed by atoms with Crippen LogP contribution in [0.1, 0.15) is 21.7 Å². The predicted octanol–water partition coefficient (Wildman–Crippen LogP) is 5.47. The van der Waals surface area contributed by atoms with Gasteiger partial charge < -0.3 is 4.42 Å². The zero-order chi connectivity index (χ0) is 17.4. The number of carbonyl (C=O) groups excluding carboxylic acids is 1. The zero-order valence-electron chi connectivity index (χ0n) is 13.8. The number of aromatic nitrogens is 1.